The van der Waals surface area contributed by atoms with Crippen LogP contribution in [-0.4, -0.2) is 46.8 Å². The molecule has 1 heterocycles. The monoisotopic (exact) mass is 504 g/mol. The summed E-state index contributed by atoms with van der Waals surface area (Å²) < 4.78 is 0. The third-order valence-electron chi connectivity index (χ3n) is 7.09. The van der Waals surface area contributed by atoms with Crippen molar-refractivity contribution in [3.8, 4) is 0 Å². The van der Waals surface area contributed by atoms with E-state index in [-0.39, 0.29) is 17.7 Å². The predicted molar refractivity (Wildman–Crippen MR) is 152 cm³/mol. The number of carbonyl (C=O) groups is 2. The Morgan fingerprint density at radius 1 is 0.789 bits per heavy atom. The van der Waals surface area contributed by atoms with Crippen LogP contribution in [0, 0.1) is 5.92 Å². The summed E-state index contributed by atoms with van der Waals surface area (Å²) in [6, 6.07) is 28.3. The van der Waals surface area contributed by atoms with Crippen molar-refractivity contribution in [3.63, 3.8) is 0 Å². The molecule has 0 fully saturated rings. The van der Waals surface area contributed by atoms with E-state index in [1.807, 2.05) is 36.4 Å². The molecule has 1 atom stereocenters. The van der Waals surface area contributed by atoms with Gasteiger partial charge in [0, 0.05) is 32.6 Å². The average Bonchev–Trinajstić information content (AvgIpc) is 3.45. The van der Waals surface area contributed by atoms with Crippen LogP contribution in [-0.2, 0) is 28.9 Å². The number of benzene rings is 4. The van der Waals surface area contributed by atoms with Gasteiger partial charge in [-0.25, -0.2) is 4.98 Å². The van der Waals surface area contributed by atoms with Gasteiger partial charge < -0.3 is 15.2 Å². The summed E-state index contributed by atoms with van der Waals surface area (Å²) in [6.07, 6.45) is 4.77. The van der Waals surface area contributed by atoms with Crippen LogP contribution in [0.2, 0.25) is 0 Å². The molecule has 1 unspecified atom stereocenters. The van der Waals surface area contributed by atoms with Crippen molar-refractivity contribution in [1.29, 1.82) is 0 Å². The molecule has 6 nitrogen and oxygen atoms in total. The SMILES string of the molecule is CN(C)C(=O)C(Cc1c[nH]cn1)NC(=O)C(Cc1cccc2ccccc12)Cc1cccc2ccccc12. The molecule has 0 bridgehead atoms. The molecule has 5 aromatic rings. The maximum atomic E-state index is 14.0. The molecule has 0 radical (unpaired) electrons. The highest BCUT2D eigenvalue weighted by Gasteiger charge is 2.28. The second-order valence-corrected chi connectivity index (χ2v) is 9.94. The summed E-state index contributed by atoms with van der Waals surface area (Å²) >= 11 is 0. The summed E-state index contributed by atoms with van der Waals surface area (Å²) in [7, 11) is 3.41. The smallest absolute Gasteiger partial charge is 0.245 e. The number of hydrogen-bond acceptors (Lipinski definition) is 3. The molecule has 5 rings (SSSR count). The molecule has 0 spiro atoms. The highest BCUT2D eigenvalue weighted by Crippen LogP contribution is 2.26. The number of nitrogens with one attached hydrogen (secondary N) is 2. The summed E-state index contributed by atoms with van der Waals surface area (Å²) in [5.74, 6) is -0.666. The highest BCUT2D eigenvalue weighted by molar-refractivity contribution is 5.91. The largest absolute Gasteiger partial charge is 0.351 e. The maximum Gasteiger partial charge on any atom is 0.245 e. The van der Waals surface area contributed by atoms with Crippen molar-refractivity contribution >= 4 is 33.4 Å². The zero-order valence-corrected chi connectivity index (χ0v) is 21.7. The van der Waals surface area contributed by atoms with E-state index in [9.17, 15) is 9.59 Å². The molecule has 38 heavy (non-hydrogen) atoms. The molecule has 1 aromatic heterocycles. The fourth-order valence-corrected chi connectivity index (χ4v) is 5.14. The molecular weight excluding hydrogens is 472 g/mol. The van der Waals surface area contributed by atoms with Crippen molar-refractivity contribution < 1.29 is 9.59 Å². The molecule has 4 aromatic carbocycles. The summed E-state index contributed by atoms with van der Waals surface area (Å²) in [5, 5.41) is 7.67. The van der Waals surface area contributed by atoms with E-state index in [1.165, 1.54) is 4.90 Å². The van der Waals surface area contributed by atoms with Crippen molar-refractivity contribution in [1.82, 2.24) is 20.2 Å². The topological polar surface area (TPSA) is 78.1 Å². The lowest BCUT2D eigenvalue weighted by molar-refractivity contribution is -0.135. The normalized spacial score (nSPS) is 12.1. The van der Waals surface area contributed by atoms with Gasteiger partial charge in [-0.05, 0) is 45.5 Å². The minimum Gasteiger partial charge on any atom is -0.351 e. The van der Waals surface area contributed by atoms with Gasteiger partial charge in [0.25, 0.3) is 0 Å². The minimum atomic E-state index is -0.705. The van der Waals surface area contributed by atoms with Gasteiger partial charge in [0.05, 0.1) is 12.0 Å². The van der Waals surface area contributed by atoms with Crippen LogP contribution >= 0.6 is 0 Å². The van der Waals surface area contributed by atoms with Crippen LogP contribution < -0.4 is 5.32 Å². The van der Waals surface area contributed by atoms with Crippen LogP contribution in [0.4, 0.5) is 0 Å². The number of carbonyl (C=O) groups excluding carboxylic acids is 2. The molecule has 2 N–H and O–H groups in total. The quantitative estimate of drug-likeness (QED) is 0.299. The Morgan fingerprint density at radius 3 is 1.87 bits per heavy atom. The molecule has 0 saturated heterocycles. The van der Waals surface area contributed by atoms with Crippen molar-refractivity contribution in [2.75, 3.05) is 14.1 Å². The van der Waals surface area contributed by atoms with E-state index in [0.29, 0.717) is 19.3 Å². The number of hydrogen-bond donors (Lipinski definition) is 2. The Hall–Kier alpha value is -4.45. The first-order valence-corrected chi connectivity index (χ1v) is 12.9. The van der Waals surface area contributed by atoms with Gasteiger partial charge in [-0.3, -0.25) is 9.59 Å². The van der Waals surface area contributed by atoms with Crippen LogP contribution in [0.1, 0.15) is 16.8 Å². The Bertz CT molecular complexity index is 1470. The van der Waals surface area contributed by atoms with Crippen LogP contribution in [0.3, 0.4) is 0 Å². The summed E-state index contributed by atoms with van der Waals surface area (Å²) in [5.41, 5.74) is 2.96. The van der Waals surface area contributed by atoms with Crippen LogP contribution in [0.15, 0.2) is 97.5 Å². The lowest BCUT2D eigenvalue weighted by Crippen LogP contribution is -2.49. The molecule has 0 aliphatic carbocycles. The first-order chi connectivity index (χ1) is 18.5. The van der Waals surface area contributed by atoms with Crippen LogP contribution in [0.25, 0.3) is 21.5 Å². The fraction of sp³-hybridized carbons (Fsp3) is 0.219. The molecule has 0 saturated carbocycles. The Balaban J connectivity index is 1.49. The number of H-pyrrole nitrogens is 1. The maximum absolute atomic E-state index is 14.0. The number of fused-ring (bicyclic) bond motifs is 2. The molecule has 0 aliphatic heterocycles. The van der Waals surface area contributed by atoms with Gasteiger partial charge in [0.15, 0.2) is 0 Å². The fourth-order valence-electron chi connectivity index (χ4n) is 5.14. The number of aromatic amines is 1. The van der Waals surface area contributed by atoms with E-state index in [4.69, 9.17) is 0 Å². The molecule has 192 valence electrons. The number of likely N-dealkylation sites (N-methyl/N-ethyl adjacent to an activating group) is 1. The number of rotatable bonds is 9. The van der Waals surface area contributed by atoms with Crippen molar-refractivity contribution in [3.05, 3.63) is 114 Å². The number of imidazole rings is 1. The first-order valence-electron chi connectivity index (χ1n) is 12.9. The van der Waals surface area contributed by atoms with Crippen LogP contribution in [0.5, 0.6) is 0 Å². The second kappa shape index (κ2) is 11.3. The van der Waals surface area contributed by atoms with Gasteiger partial charge in [-0.1, -0.05) is 84.9 Å². The second-order valence-electron chi connectivity index (χ2n) is 9.94. The number of nitrogens with zero attached hydrogens (tertiary/aromatic N) is 2. The molecule has 6 heteroatoms. The molecule has 0 aliphatic rings. The van der Waals surface area contributed by atoms with Crippen molar-refractivity contribution in [2.24, 2.45) is 5.92 Å². The van der Waals surface area contributed by atoms with E-state index in [1.54, 1.807) is 26.6 Å². The van der Waals surface area contributed by atoms with E-state index >= 15 is 0 Å². The first kappa shape index (κ1) is 25.2. The minimum absolute atomic E-state index is 0.137. The van der Waals surface area contributed by atoms with Gasteiger partial charge in [0.2, 0.25) is 11.8 Å². The van der Waals surface area contributed by atoms with Gasteiger partial charge in [-0.2, -0.15) is 0 Å². The lowest BCUT2D eigenvalue weighted by atomic mass is 9.87. The van der Waals surface area contributed by atoms with Gasteiger partial charge in [-0.15, -0.1) is 0 Å². The summed E-state index contributed by atoms with van der Waals surface area (Å²) in [6.45, 7) is 0. The average molecular weight is 505 g/mol. The highest BCUT2D eigenvalue weighted by atomic mass is 16.2. The molecular formula is C32H32N4O2. The third-order valence-corrected chi connectivity index (χ3v) is 7.09. The van der Waals surface area contributed by atoms with E-state index in [0.717, 1.165) is 38.4 Å². The summed E-state index contributed by atoms with van der Waals surface area (Å²) in [4.78, 5) is 35.8. The third kappa shape index (κ3) is 5.59. The Kier molecular flexibility index (Phi) is 7.50. The molecule has 2 amide bonds. The van der Waals surface area contributed by atoms with Crippen molar-refractivity contribution in [2.45, 2.75) is 25.3 Å². The predicted octanol–water partition coefficient (Wildman–Crippen LogP) is 4.93. The van der Waals surface area contributed by atoms with Gasteiger partial charge in [0.1, 0.15) is 6.04 Å². The Morgan fingerprint density at radius 2 is 1.34 bits per heavy atom. The lowest BCUT2D eigenvalue weighted by Gasteiger charge is -2.25. The van der Waals surface area contributed by atoms with Gasteiger partial charge >= 0.3 is 0 Å². The number of amides is 2. The van der Waals surface area contributed by atoms with E-state index in [2.05, 4.69) is 63.8 Å². The zero-order valence-electron chi connectivity index (χ0n) is 21.7. The standard InChI is InChI=1S/C32H32N4O2/c1-36(2)32(38)30(19-27-20-33-21-34-27)35-31(37)26(17-24-13-7-11-22-9-3-5-15-28(22)24)18-25-14-8-12-23-10-4-6-16-29(23)25/h3-16,20-21,26,30H,17-19H2,1-2H3,(H,33,34)(H,35,37). The number of aromatic nitrogens is 2. The van der Waals surface area contributed by atoms with E-state index < -0.39 is 6.04 Å². The zero-order chi connectivity index (χ0) is 26.5. The Labute approximate surface area is 222 Å².